The number of carbonyl (C=O) groups is 2. The predicted octanol–water partition coefficient (Wildman–Crippen LogP) is 3.24. The van der Waals surface area contributed by atoms with E-state index in [1.54, 1.807) is 4.90 Å². The zero-order valence-corrected chi connectivity index (χ0v) is 17.8. The highest BCUT2D eigenvalue weighted by Crippen LogP contribution is 2.23. The number of benzene rings is 1. The SMILES string of the molecule is CC(C)(C)OC(=O)N1CCC[C@H]1C(=O)N1CCN(CC=Cc2ccccc2)CC1. The van der Waals surface area contributed by atoms with Crippen LogP contribution < -0.4 is 0 Å². The van der Waals surface area contributed by atoms with Gasteiger partial charge in [0.2, 0.25) is 5.91 Å². The van der Waals surface area contributed by atoms with Crippen molar-refractivity contribution < 1.29 is 14.3 Å². The van der Waals surface area contributed by atoms with E-state index in [0.29, 0.717) is 19.6 Å². The monoisotopic (exact) mass is 399 g/mol. The maximum Gasteiger partial charge on any atom is 0.410 e. The zero-order chi connectivity index (χ0) is 20.9. The summed E-state index contributed by atoms with van der Waals surface area (Å²) < 4.78 is 5.49. The average molecular weight is 400 g/mol. The molecule has 0 aromatic heterocycles. The van der Waals surface area contributed by atoms with E-state index in [1.807, 2.05) is 43.9 Å². The predicted molar refractivity (Wildman–Crippen MR) is 114 cm³/mol. The molecule has 0 bridgehead atoms. The van der Waals surface area contributed by atoms with E-state index >= 15 is 0 Å². The highest BCUT2D eigenvalue weighted by molar-refractivity contribution is 5.86. The lowest BCUT2D eigenvalue weighted by Crippen LogP contribution is -2.54. The summed E-state index contributed by atoms with van der Waals surface area (Å²) >= 11 is 0. The maximum absolute atomic E-state index is 13.0. The minimum absolute atomic E-state index is 0.0628. The number of amides is 2. The first kappa shape index (κ1) is 21.4. The Kier molecular flexibility index (Phi) is 6.96. The standard InChI is InChI=1S/C23H33N3O3/c1-23(2,3)29-22(28)26-14-8-12-20(26)21(27)25-17-15-24(16-18-25)13-7-11-19-9-5-4-6-10-19/h4-7,9-11,20H,8,12-18H2,1-3H3/t20-/m0/s1. The van der Waals surface area contributed by atoms with Crippen LogP contribution in [0.4, 0.5) is 4.79 Å². The first-order valence-electron chi connectivity index (χ1n) is 10.6. The summed E-state index contributed by atoms with van der Waals surface area (Å²) in [6, 6.07) is 9.88. The van der Waals surface area contributed by atoms with Gasteiger partial charge in [-0.1, -0.05) is 42.5 Å². The molecule has 2 aliphatic heterocycles. The van der Waals surface area contributed by atoms with Gasteiger partial charge in [-0.3, -0.25) is 14.6 Å². The largest absolute Gasteiger partial charge is 0.444 e. The van der Waals surface area contributed by atoms with Crippen molar-refractivity contribution in [1.29, 1.82) is 0 Å². The molecule has 2 amide bonds. The molecule has 2 aliphatic rings. The molecule has 0 spiro atoms. The van der Waals surface area contributed by atoms with Crippen LogP contribution in [0, 0.1) is 0 Å². The summed E-state index contributed by atoms with van der Waals surface area (Å²) in [5, 5.41) is 0. The summed E-state index contributed by atoms with van der Waals surface area (Å²) in [4.78, 5) is 31.4. The highest BCUT2D eigenvalue weighted by atomic mass is 16.6. The van der Waals surface area contributed by atoms with Gasteiger partial charge in [0.05, 0.1) is 0 Å². The molecule has 1 atom stereocenters. The molecule has 3 rings (SSSR count). The zero-order valence-electron chi connectivity index (χ0n) is 17.8. The van der Waals surface area contributed by atoms with E-state index < -0.39 is 5.60 Å². The second-order valence-electron chi connectivity index (χ2n) is 8.77. The van der Waals surface area contributed by atoms with Crippen LogP contribution >= 0.6 is 0 Å². The Morgan fingerprint density at radius 3 is 2.41 bits per heavy atom. The van der Waals surface area contributed by atoms with Crippen LogP contribution in [-0.2, 0) is 9.53 Å². The van der Waals surface area contributed by atoms with Crippen molar-refractivity contribution >= 4 is 18.1 Å². The summed E-state index contributed by atoms with van der Waals surface area (Å²) in [5.41, 5.74) is 0.649. The maximum atomic E-state index is 13.0. The lowest BCUT2D eigenvalue weighted by Gasteiger charge is -2.37. The highest BCUT2D eigenvalue weighted by Gasteiger charge is 2.39. The molecule has 2 heterocycles. The number of hydrogen-bond acceptors (Lipinski definition) is 4. The Morgan fingerprint density at radius 2 is 1.76 bits per heavy atom. The molecule has 1 aromatic rings. The van der Waals surface area contributed by atoms with Crippen molar-refractivity contribution in [2.75, 3.05) is 39.3 Å². The fraction of sp³-hybridized carbons (Fsp3) is 0.565. The number of rotatable bonds is 4. The molecule has 29 heavy (non-hydrogen) atoms. The van der Waals surface area contributed by atoms with E-state index in [2.05, 4.69) is 29.2 Å². The van der Waals surface area contributed by atoms with Gasteiger partial charge in [-0.05, 0) is 39.2 Å². The van der Waals surface area contributed by atoms with Gasteiger partial charge in [0.1, 0.15) is 11.6 Å². The van der Waals surface area contributed by atoms with Gasteiger partial charge in [0, 0.05) is 39.3 Å². The van der Waals surface area contributed by atoms with Crippen molar-refractivity contribution in [3.05, 3.63) is 42.0 Å². The van der Waals surface area contributed by atoms with Gasteiger partial charge in [-0.15, -0.1) is 0 Å². The molecule has 0 N–H and O–H groups in total. The summed E-state index contributed by atoms with van der Waals surface area (Å²) in [6.45, 7) is 10.1. The van der Waals surface area contributed by atoms with Crippen LogP contribution in [0.3, 0.4) is 0 Å². The van der Waals surface area contributed by atoms with E-state index in [-0.39, 0.29) is 18.0 Å². The topological polar surface area (TPSA) is 53.1 Å². The fourth-order valence-corrected chi connectivity index (χ4v) is 3.83. The van der Waals surface area contributed by atoms with Crippen molar-refractivity contribution in [3.8, 4) is 0 Å². The first-order chi connectivity index (χ1) is 13.8. The third-order valence-electron chi connectivity index (χ3n) is 5.32. The van der Waals surface area contributed by atoms with E-state index in [4.69, 9.17) is 4.74 Å². The lowest BCUT2D eigenvalue weighted by molar-refractivity contribution is -0.137. The number of ether oxygens (including phenoxy) is 1. The molecule has 1 aromatic carbocycles. The number of piperazine rings is 1. The van der Waals surface area contributed by atoms with Gasteiger partial charge in [-0.25, -0.2) is 4.79 Å². The number of likely N-dealkylation sites (tertiary alicyclic amines) is 1. The molecule has 6 nitrogen and oxygen atoms in total. The Balaban J connectivity index is 1.48. The van der Waals surface area contributed by atoms with Crippen LogP contribution in [-0.4, -0.2) is 77.6 Å². The molecule has 2 saturated heterocycles. The summed E-state index contributed by atoms with van der Waals surface area (Å²) in [5.74, 6) is 0.0628. The fourth-order valence-electron chi connectivity index (χ4n) is 3.83. The molecular formula is C23H33N3O3. The Labute approximate surface area is 174 Å². The molecule has 0 aliphatic carbocycles. The van der Waals surface area contributed by atoms with Gasteiger partial charge in [-0.2, -0.15) is 0 Å². The number of nitrogens with zero attached hydrogens (tertiary/aromatic N) is 3. The van der Waals surface area contributed by atoms with Crippen molar-refractivity contribution in [3.63, 3.8) is 0 Å². The molecular weight excluding hydrogens is 366 g/mol. The number of carbonyl (C=O) groups excluding carboxylic acids is 2. The van der Waals surface area contributed by atoms with Crippen molar-refractivity contribution in [2.45, 2.75) is 45.3 Å². The second kappa shape index (κ2) is 9.44. The first-order valence-corrected chi connectivity index (χ1v) is 10.6. The quantitative estimate of drug-likeness (QED) is 0.780. The Bertz CT molecular complexity index is 719. The third-order valence-corrected chi connectivity index (χ3v) is 5.32. The van der Waals surface area contributed by atoms with Gasteiger partial charge >= 0.3 is 6.09 Å². The van der Waals surface area contributed by atoms with E-state index in [0.717, 1.165) is 32.5 Å². The Morgan fingerprint density at radius 1 is 1.07 bits per heavy atom. The van der Waals surface area contributed by atoms with Crippen molar-refractivity contribution in [2.24, 2.45) is 0 Å². The second-order valence-corrected chi connectivity index (χ2v) is 8.77. The van der Waals surface area contributed by atoms with Crippen LogP contribution in [0.25, 0.3) is 6.08 Å². The normalized spacial score (nSPS) is 21.0. The van der Waals surface area contributed by atoms with Gasteiger partial charge in [0.15, 0.2) is 0 Å². The summed E-state index contributed by atoms with van der Waals surface area (Å²) in [7, 11) is 0. The average Bonchev–Trinajstić information content (AvgIpc) is 3.18. The third kappa shape index (κ3) is 6.07. The smallest absolute Gasteiger partial charge is 0.410 e. The van der Waals surface area contributed by atoms with Crippen LogP contribution in [0.15, 0.2) is 36.4 Å². The van der Waals surface area contributed by atoms with Crippen LogP contribution in [0.5, 0.6) is 0 Å². The summed E-state index contributed by atoms with van der Waals surface area (Å²) in [6.07, 6.45) is 5.50. The van der Waals surface area contributed by atoms with E-state index in [1.165, 1.54) is 5.56 Å². The van der Waals surface area contributed by atoms with Gasteiger partial charge < -0.3 is 9.64 Å². The molecule has 158 valence electrons. The van der Waals surface area contributed by atoms with Crippen LogP contribution in [0.1, 0.15) is 39.2 Å². The number of hydrogen-bond donors (Lipinski definition) is 0. The lowest BCUT2D eigenvalue weighted by atomic mass is 10.1. The molecule has 2 fully saturated rings. The molecule has 0 unspecified atom stereocenters. The minimum Gasteiger partial charge on any atom is -0.444 e. The molecule has 0 radical (unpaired) electrons. The van der Waals surface area contributed by atoms with E-state index in [9.17, 15) is 9.59 Å². The van der Waals surface area contributed by atoms with Gasteiger partial charge in [0.25, 0.3) is 0 Å². The Hall–Kier alpha value is -2.34. The molecule has 0 saturated carbocycles. The minimum atomic E-state index is -0.549. The van der Waals surface area contributed by atoms with Crippen molar-refractivity contribution in [1.82, 2.24) is 14.7 Å². The van der Waals surface area contributed by atoms with Crippen LogP contribution in [0.2, 0.25) is 0 Å². The molecule has 6 heteroatoms.